The van der Waals surface area contributed by atoms with Crippen LogP contribution in [0.25, 0.3) is 0 Å². The maximum absolute atomic E-state index is 13.6. The smallest absolute Gasteiger partial charge is 0.280 e. The monoisotopic (exact) mass is 426 g/mol. The average molecular weight is 427 g/mol. The van der Waals surface area contributed by atoms with Crippen LogP contribution in [0.5, 0.6) is 0 Å². The van der Waals surface area contributed by atoms with E-state index in [1.807, 2.05) is 52.8 Å². The van der Waals surface area contributed by atoms with Gasteiger partial charge >= 0.3 is 0 Å². The summed E-state index contributed by atoms with van der Waals surface area (Å²) in [6.45, 7) is 9.78. The number of nitrogens with zero attached hydrogens (tertiary/aromatic N) is 3. The summed E-state index contributed by atoms with van der Waals surface area (Å²) in [7, 11) is 0. The van der Waals surface area contributed by atoms with Crippen LogP contribution >= 0.6 is 11.5 Å². The predicted octanol–water partition coefficient (Wildman–Crippen LogP) is 4.44. The third-order valence-electron chi connectivity index (χ3n) is 5.30. The van der Waals surface area contributed by atoms with E-state index in [1.165, 1.54) is 11.2 Å². The van der Waals surface area contributed by atoms with Gasteiger partial charge in [0.1, 0.15) is 5.76 Å². The number of nitrogens with one attached hydrogen (secondary N) is 1. The van der Waals surface area contributed by atoms with Crippen LogP contribution in [-0.2, 0) is 4.79 Å². The topological polar surface area (TPSA) is 88.3 Å². The molecule has 2 heterocycles. The molecular formula is C22H26N4O3S. The fourth-order valence-electron chi connectivity index (χ4n) is 3.05. The Labute approximate surface area is 180 Å². The van der Waals surface area contributed by atoms with Gasteiger partial charge in [-0.15, -0.1) is 5.10 Å². The Kier molecular flexibility index (Phi) is 6.36. The van der Waals surface area contributed by atoms with Gasteiger partial charge in [0.05, 0.1) is 6.26 Å². The number of amides is 2. The molecular weight excluding hydrogens is 400 g/mol. The summed E-state index contributed by atoms with van der Waals surface area (Å²) in [6, 6.07) is 8.07. The molecule has 7 nitrogen and oxygen atoms in total. The molecule has 0 fully saturated rings. The molecule has 2 aromatic heterocycles. The van der Waals surface area contributed by atoms with Crippen molar-refractivity contribution in [3.63, 3.8) is 0 Å². The molecule has 1 atom stereocenters. The fourth-order valence-corrected chi connectivity index (χ4v) is 3.48. The zero-order chi connectivity index (χ0) is 21.9. The highest BCUT2D eigenvalue weighted by atomic mass is 32.1. The lowest BCUT2D eigenvalue weighted by molar-refractivity contribution is -0.124. The molecule has 0 aliphatic heterocycles. The number of anilines is 1. The van der Waals surface area contributed by atoms with Crippen molar-refractivity contribution in [2.45, 2.75) is 52.6 Å². The van der Waals surface area contributed by atoms with Crippen molar-refractivity contribution < 1.29 is 14.0 Å². The normalized spacial score (nSPS) is 12.4. The maximum Gasteiger partial charge on any atom is 0.280 e. The Hall–Kier alpha value is -3.00. The molecule has 1 aromatic carbocycles. The standard InChI is InChI=1S/C22H26N4O3S/c1-6-22(4,5)23-20(27)19(18-11-8-12-29-18)26(21(28)16-13-30-25-24-16)17-10-7-9-14(2)15(17)3/h7-13,19H,6H2,1-5H3,(H,23,27)/t19-/m1/s1. The molecule has 8 heteroatoms. The molecule has 0 radical (unpaired) electrons. The lowest BCUT2D eigenvalue weighted by Crippen LogP contribution is -2.50. The minimum Gasteiger partial charge on any atom is -0.467 e. The first-order chi connectivity index (χ1) is 14.2. The number of aryl methyl sites for hydroxylation is 1. The van der Waals surface area contributed by atoms with Gasteiger partial charge in [0.25, 0.3) is 11.8 Å². The summed E-state index contributed by atoms with van der Waals surface area (Å²) in [6.07, 6.45) is 2.23. The molecule has 0 unspecified atom stereocenters. The number of furan rings is 1. The molecule has 158 valence electrons. The van der Waals surface area contributed by atoms with Crippen LogP contribution in [0.15, 0.2) is 46.4 Å². The minimum absolute atomic E-state index is 0.181. The van der Waals surface area contributed by atoms with Crippen molar-refractivity contribution >= 4 is 29.0 Å². The number of carbonyl (C=O) groups excluding carboxylic acids is 2. The van der Waals surface area contributed by atoms with E-state index in [0.29, 0.717) is 11.4 Å². The van der Waals surface area contributed by atoms with E-state index in [2.05, 4.69) is 14.9 Å². The van der Waals surface area contributed by atoms with Gasteiger partial charge in [-0.2, -0.15) is 0 Å². The van der Waals surface area contributed by atoms with E-state index < -0.39 is 17.5 Å². The summed E-state index contributed by atoms with van der Waals surface area (Å²) in [5, 5.41) is 8.57. The molecule has 3 aromatic rings. The van der Waals surface area contributed by atoms with E-state index in [4.69, 9.17) is 4.42 Å². The SMILES string of the molecule is CCC(C)(C)NC(=O)[C@@H](c1ccco1)N(C(=O)c1csnn1)c1cccc(C)c1C. The molecule has 1 N–H and O–H groups in total. The van der Waals surface area contributed by atoms with Crippen molar-refractivity contribution in [2.24, 2.45) is 0 Å². The highest BCUT2D eigenvalue weighted by Gasteiger charge is 2.38. The molecule has 3 rings (SSSR count). The second-order valence-corrected chi connectivity index (χ2v) is 8.44. The predicted molar refractivity (Wildman–Crippen MR) is 117 cm³/mol. The largest absolute Gasteiger partial charge is 0.467 e. The molecule has 0 spiro atoms. The first-order valence-electron chi connectivity index (χ1n) is 9.77. The Morgan fingerprint density at radius 3 is 2.60 bits per heavy atom. The van der Waals surface area contributed by atoms with Gasteiger partial charge in [-0.25, -0.2) is 0 Å². The van der Waals surface area contributed by atoms with E-state index >= 15 is 0 Å². The highest BCUT2D eigenvalue weighted by molar-refractivity contribution is 7.03. The molecule has 0 saturated carbocycles. The Morgan fingerprint density at radius 2 is 2.00 bits per heavy atom. The third-order valence-corrected chi connectivity index (χ3v) is 5.80. The van der Waals surface area contributed by atoms with Crippen LogP contribution in [0.1, 0.15) is 60.6 Å². The lowest BCUT2D eigenvalue weighted by atomic mass is 9.99. The van der Waals surface area contributed by atoms with Crippen LogP contribution in [0.4, 0.5) is 5.69 Å². The first kappa shape index (κ1) is 21.7. The second-order valence-electron chi connectivity index (χ2n) is 7.83. The van der Waals surface area contributed by atoms with Crippen LogP contribution in [0.3, 0.4) is 0 Å². The highest BCUT2D eigenvalue weighted by Crippen LogP contribution is 2.33. The van der Waals surface area contributed by atoms with Crippen LogP contribution < -0.4 is 10.2 Å². The van der Waals surface area contributed by atoms with Crippen LogP contribution in [0, 0.1) is 13.8 Å². The summed E-state index contributed by atoms with van der Waals surface area (Å²) in [5.74, 6) is -0.366. The van der Waals surface area contributed by atoms with Crippen LogP contribution in [-0.4, -0.2) is 26.9 Å². The summed E-state index contributed by atoms with van der Waals surface area (Å²) in [5.41, 5.74) is 2.27. The molecule has 30 heavy (non-hydrogen) atoms. The molecule has 0 bridgehead atoms. The zero-order valence-corrected chi connectivity index (χ0v) is 18.6. The quantitative estimate of drug-likeness (QED) is 0.603. The van der Waals surface area contributed by atoms with Gasteiger partial charge in [0.15, 0.2) is 11.7 Å². The van der Waals surface area contributed by atoms with E-state index in [9.17, 15) is 9.59 Å². The molecule has 2 amide bonds. The zero-order valence-electron chi connectivity index (χ0n) is 17.8. The van der Waals surface area contributed by atoms with Crippen molar-refractivity contribution in [3.8, 4) is 0 Å². The van der Waals surface area contributed by atoms with Gasteiger partial charge in [-0.3, -0.25) is 14.5 Å². The van der Waals surface area contributed by atoms with Crippen molar-refractivity contribution in [1.82, 2.24) is 14.9 Å². The van der Waals surface area contributed by atoms with E-state index in [1.54, 1.807) is 17.5 Å². The number of benzene rings is 1. The number of hydrogen-bond donors (Lipinski definition) is 1. The minimum atomic E-state index is -1.000. The van der Waals surface area contributed by atoms with Gasteiger partial charge in [0.2, 0.25) is 0 Å². The van der Waals surface area contributed by atoms with Gasteiger partial charge in [-0.1, -0.05) is 23.5 Å². The Balaban J connectivity index is 2.17. The van der Waals surface area contributed by atoms with Crippen LogP contribution in [0.2, 0.25) is 0 Å². The molecule has 0 aliphatic rings. The fraction of sp³-hybridized carbons (Fsp3) is 0.364. The molecule has 0 saturated heterocycles. The maximum atomic E-state index is 13.6. The summed E-state index contributed by atoms with van der Waals surface area (Å²) in [4.78, 5) is 28.5. The van der Waals surface area contributed by atoms with Crippen molar-refractivity contribution in [1.29, 1.82) is 0 Å². The van der Waals surface area contributed by atoms with E-state index in [0.717, 1.165) is 29.1 Å². The van der Waals surface area contributed by atoms with Gasteiger partial charge in [-0.05, 0) is 75.0 Å². The van der Waals surface area contributed by atoms with Crippen molar-refractivity contribution in [2.75, 3.05) is 4.90 Å². The Morgan fingerprint density at radius 1 is 1.23 bits per heavy atom. The average Bonchev–Trinajstić information content (AvgIpc) is 3.42. The first-order valence-corrected chi connectivity index (χ1v) is 10.6. The lowest BCUT2D eigenvalue weighted by Gasteiger charge is -2.33. The number of hydrogen-bond acceptors (Lipinski definition) is 6. The summed E-state index contributed by atoms with van der Waals surface area (Å²) >= 11 is 1.09. The number of rotatable bonds is 7. The second kappa shape index (κ2) is 8.79. The summed E-state index contributed by atoms with van der Waals surface area (Å²) < 4.78 is 9.44. The van der Waals surface area contributed by atoms with Gasteiger partial charge < -0.3 is 9.73 Å². The molecule has 0 aliphatic carbocycles. The Bertz CT molecular complexity index is 1010. The van der Waals surface area contributed by atoms with Gasteiger partial charge in [0, 0.05) is 16.6 Å². The number of carbonyl (C=O) groups is 2. The third kappa shape index (κ3) is 4.43. The van der Waals surface area contributed by atoms with E-state index in [-0.39, 0.29) is 11.6 Å². The van der Waals surface area contributed by atoms with Crippen molar-refractivity contribution in [3.05, 3.63) is 64.6 Å². The number of aromatic nitrogens is 2.